The minimum Gasteiger partial charge on any atom is -0.317 e. The highest BCUT2D eigenvalue weighted by molar-refractivity contribution is 6.31. The summed E-state index contributed by atoms with van der Waals surface area (Å²) in [4.78, 5) is 0. The highest BCUT2D eigenvalue weighted by atomic mass is 35.5. The van der Waals surface area contributed by atoms with Crippen LogP contribution in [0.15, 0.2) is 24.3 Å². The van der Waals surface area contributed by atoms with E-state index in [9.17, 15) is 0 Å². The van der Waals surface area contributed by atoms with Gasteiger partial charge in [-0.05, 0) is 50.3 Å². The minimum atomic E-state index is 0.670. The van der Waals surface area contributed by atoms with Crippen LogP contribution in [0.5, 0.6) is 0 Å². The SMILES string of the molecule is CNC1CCC(c2ccccc2Cl)CC1. The summed E-state index contributed by atoms with van der Waals surface area (Å²) in [5.74, 6) is 0.670. The van der Waals surface area contributed by atoms with Gasteiger partial charge < -0.3 is 5.32 Å². The molecule has 1 nitrogen and oxygen atoms in total. The van der Waals surface area contributed by atoms with Crippen LogP contribution in [0.4, 0.5) is 0 Å². The Kier molecular flexibility index (Phi) is 3.66. The third-order valence-corrected chi connectivity index (χ3v) is 3.82. The molecule has 0 bridgehead atoms. The van der Waals surface area contributed by atoms with Gasteiger partial charge in [-0.3, -0.25) is 0 Å². The second kappa shape index (κ2) is 5.00. The van der Waals surface area contributed by atoms with Crippen LogP contribution in [-0.4, -0.2) is 13.1 Å². The van der Waals surface area contributed by atoms with E-state index in [4.69, 9.17) is 11.6 Å². The monoisotopic (exact) mass is 223 g/mol. The number of rotatable bonds is 2. The lowest BCUT2D eigenvalue weighted by atomic mass is 9.82. The molecular formula is C13H18ClN. The highest BCUT2D eigenvalue weighted by Crippen LogP contribution is 2.35. The van der Waals surface area contributed by atoms with E-state index in [1.165, 1.54) is 31.2 Å². The first-order valence-corrected chi connectivity index (χ1v) is 6.10. The Morgan fingerprint density at radius 1 is 1.13 bits per heavy atom. The molecule has 0 aromatic heterocycles. The van der Waals surface area contributed by atoms with Crippen LogP contribution in [0.2, 0.25) is 5.02 Å². The molecule has 0 unspecified atom stereocenters. The number of hydrogen-bond acceptors (Lipinski definition) is 1. The van der Waals surface area contributed by atoms with Gasteiger partial charge in [0.05, 0.1) is 0 Å². The summed E-state index contributed by atoms with van der Waals surface area (Å²) in [6.07, 6.45) is 5.06. The lowest BCUT2D eigenvalue weighted by Crippen LogP contribution is -2.29. The van der Waals surface area contributed by atoms with Crippen molar-refractivity contribution in [1.29, 1.82) is 0 Å². The summed E-state index contributed by atoms with van der Waals surface area (Å²) < 4.78 is 0. The fraction of sp³-hybridized carbons (Fsp3) is 0.538. The third-order valence-electron chi connectivity index (χ3n) is 3.48. The van der Waals surface area contributed by atoms with Gasteiger partial charge in [-0.25, -0.2) is 0 Å². The Hall–Kier alpha value is -0.530. The molecular weight excluding hydrogens is 206 g/mol. The van der Waals surface area contributed by atoms with Crippen molar-refractivity contribution in [2.24, 2.45) is 0 Å². The summed E-state index contributed by atoms with van der Waals surface area (Å²) in [5, 5.41) is 4.29. The second-order valence-corrected chi connectivity index (χ2v) is 4.77. The zero-order valence-electron chi connectivity index (χ0n) is 9.17. The van der Waals surface area contributed by atoms with E-state index < -0.39 is 0 Å². The van der Waals surface area contributed by atoms with Gasteiger partial charge in [0.15, 0.2) is 0 Å². The van der Waals surface area contributed by atoms with Crippen LogP contribution in [0.25, 0.3) is 0 Å². The van der Waals surface area contributed by atoms with Crippen LogP contribution in [0.3, 0.4) is 0 Å². The minimum absolute atomic E-state index is 0.670. The molecule has 1 saturated carbocycles. The Morgan fingerprint density at radius 3 is 2.40 bits per heavy atom. The number of nitrogens with one attached hydrogen (secondary N) is 1. The van der Waals surface area contributed by atoms with Crippen LogP contribution < -0.4 is 5.32 Å². The van der Waals surface area contributed by atoms with Crippen molar-refractivity contribution >= 4 is 11.6 Å². The molecule has 0 atom stereocenters. The molecule has 1 fully saturated rings. The lowest BCUT2D eigenvalue weighted by molar-refractivity contribution is 0.359. The van der Waals surface area contributed by atoms with Gasteiger partial charge in [-0.2, -0.15) is 0 Å². The highest BCUT2D eigenvalue weighted by Gasteiger charge is 2.22. The Bertz CT molecular complexity index is 316. The molecule has 0 radical (unpaired) electrons. The molecule has 0 heterocycles. The first-order valence-electron chi connectivity index (χ1n) is 5.73. The molecule has 82 valence electrons. The lowest BCUT2D eigenvalue weighted by Gasteiger charge is -2.28. The molecule has 2 heteroatoms. The van der Waals surface area contributed by atoms with E-state index in [1.807, 2.05) is 12.1 Å². The molecule has 1 aliphatic rings. The molecule has 15 heavy (non-hydrogen) atoms. The van der Waals surface area contributed by atoms with E-state index in [-0.39, 0.29) is 0 Å². The van der Waals surface area contributed by atoms with Gasteiger partial charge in [-0.15, -0.1) is 0 Å². The average Bonchev–Trinajstić information content (AvgIpc) is 2.30. The molecule has 1 aliphatic carbocycles. The Morgan fingerprint density at radius 2 is 1.80 bits per heavy atom. The zero-order chi connectivity index (χ0) is 10.7. The Balaban J connectivity index is 2.04. The maximum Gasteiger partial charge on any atom is 0.0440 e. The van der Waals surface area contributed by atoms with Gasteiger partial charge in [0.2, 0.25) is 0 Å². The van der Waals surface area contributed by atoms with Crippen molar-refractivity contribution in [2.45, 2.75) is 37.6 Å². The number of benzene rings is 1. The predicted octanol–water partition coefficient (Wildman–Crippen LogP) is 3.59. The van der Waals surface area contributed by atoms with E-state index in [1.54, 1.807) is 0 Å². The van der Waals surface area contributed by atoms with Crippen molar-refractivity contribution in [3.8, 4) is 0 Å². The van der Waals surface area contributed by atoms with Crippen molar-refractivity contribution in [3.63, 3.8) is 0 Å². The topological polar surface area (TPSA) is 12.0 Å². The van der Waals surface area contributed by atoms with Gasteiger partial charge in [0.25, 0.3) is 0 Å². The first kappa shape index (κ1) is 11.0. The zero-order valence-corrected chi connectivity index (χ0v) is 9.93. The van der Waals surface area contributed by atoms with Gasteiger partial charge in [0, 0.05) is 11.1 Å². The van der Waals surface area contributed by atoms with E-state index in [0.29, 0.717) is 12.0 Å². The van der Waals surface area contributed by atoms with Gasteiger partial charge in [0.1, 0.15) is 0 Å². The van der Waals surface area contributed by atoms with Gasteiger partial charge in [-0.1, -0.05) is 29.8 Å². The van der Waals surface area contributed by atoms with Crippen molar-refractivity contribution in [2.75, 3.05) is 7.05 Å². The maximum absolute atomic E-state index is 6.21. The van der Waals surface area contributed by atoms with Crippen molar-refractivity contribution < 1.29 is 0 Å². The standard InChI is InChI=1S/C13H18ClN/c1-15-11-8-6-10(7-9-11)12-4-2-3-5-13(12)14/h2-5,10-11,15H,6-9H2,1H3. The quantitative estimate of drug-likeness (QED) is 0.808. The fourth-order valence-electron chi connectivity index (χ4n) is 2.50. The largest absolute Gasteiger partial charge is 0.317 e. The number of halogens is 1. The van der Waals surface area contributed by atoms with Crippen LogP contribution in [0, 0.1) is 0 Å². The van der Waals surface area contributed by atoms with Crippen LogP contribution in [-0.2, 0) is 0 Å². The van der Waals surface area contributed by atoms with E-state index in [0.717, 1.165) is 5.02 Å². The second-order valence-electron chi connectivity index (χ2n) is 4.36. The predicted molar refractivity (Wildman–Crippen MR) is 65.5 cm³/mol. The van der Waals surface area contributed by atoms with Crippen LogP contribution in [0.1, 0.15) is 37.2 Å². The van der Waals surface area contributed by atoms with Crippen molar-refractivity contribution in [3.05, 3.63) is 34.9 Å². The molecule has 1 aromatic rings. The van der Waals surface area contributed by atoms with Crippen LogP contribution >= 0.6 is 11.6 Å². The molecule has 0 spiro atoms. The summed E-state index contributed by atoms with van der Waals surface area (Å²) in [6.45, 7) is 0. The summed E-state index contributed by atoms with van der Waals surface area (Å²) >= 11 is 6.21. The molecule has 1 aromatic carbocycles. The van der Waals surface area contributed by atoms with Crippen molar-refractivity contribution in [1.82, 2.24) is 5.32 Å². The molecule has 0 amide bonds. The number of hydrogen-bond donors (Lipinski definition) is 1. The summed E-state index contributed by atoms with van der Waals surface area (Å²) in [5.41, 5.74) is 1.34. The third kappa shape index (κ3) is 2.53. The smallest absolute Gasteiger partial charge is 0.0440 e. The first-order chi connectivity index (χ1) is 7.31. The van der Waals surface area contributed by atoms with E-state index >= 15 is 0 Å². The Labute approximate surface area is 96.8 Å². The summed E-state index contributed by atoms with van der Waals surface area (Å²) in [6, 6.07) is 8.98. The van der Waals surface area contributed by atoms with Gasteiger partial charge >= 0.3 is 0 Å². The molecule has 2 rings (SSSR count). The molecule has 1 N–H and O–H groups in total. The maximum atomic E-state index is 6.21. The molecule has 0 aliphatic heterocycles. The van der Waals surface area contributed by atoms with E-state index in [2.05, 4.69) is 24.5 Å². The molecule has 0 saturated heterocycles. The normalized spacial score (nSPS) is 26.5. The fourth-order valence-corrected chi connectivity index (χ4v) is 2.79. The average molecular weight is 224 g/mol. The summed E-state index contributed by atoms with van der Waals surface area (Å²) in [7, 11) is 2.06.